The Labute approximate surface area is 185 Å². The lowest BCUT2D eigenvalue weighted by Gasteiger charge is -2.23. The number of aliphatic carboxylic acids is 2. The van der Waals surface area contributed by atoms with E-state index in [4.69, 9.17) is 46.0 Å². The van der Waals surface area contributed by atoms with Crippen LogP contribution < -0.4 is 20.9 Å². The quantitative estimate of drug-likeness (QED) is 0.365. The number of fused-ring (bicyclic) bond motifs is 2. The molecule has 0 saturated heterocycles. The highest BCUT2D eigenvalue weighted by molar-refractivity contribution is 5.74. The van der Waals surface area contributed by atoms with Crippen molar-refractivity contribution in [1.29, 1.82) is 5.26 Å². The summed E-state index contributed by atoms with van der Waals surface area (Å²) in [7, 11) is 1.59. The molecule has 0 bridgehead atoms. The molecule has 2 heterocycles. The maximum Gasteiger partial charge on any atom is 0.490 e. The van der Waals surface area contributed by atoms with Crippen LogP contribution in [0, 0.1) is 11.3 Å². The molecule has 184 valence electrons. The van der Waals surface area contributed by atoms with Crippen LogP contribution in [-0.4, -0.2) is 46.6 Å². The number of methoxy groups -OCH3 is 1. The minimum Gasteiger partial charge on any atom is -0.496 e. The van der Waals surface area contributed by atoms with Crippen molar-refractivity contribution in [1.82, 2.24) is 4.98 Å². The largest absolute Gasteiger partial charge is 0.496 e. The first-order chi connectivity index (χ1) is 15.5. The third kappa shape index (κ3) is 6.79. The molecule has 1 aromatic carbocycles. The molecule has 0 spiro atoms. The Morgan fingerprint density at radius 2 is 1.59 bits per heavy atom. The molecule has 3 rings (SSSR count). The number of aromatic nitrogens is 1. The summed E-state index contributed by atoms with van der Waals surface area (Å²) >= 11 is 0. The van der Waals surface area contributed by atoms with Crippen LogP contribution in [0.4, 0.5) is 37.8 Å². The molecule has 6 N–H and O–H groups in total. The fourth-order valence-corrected chi connectivity index (χ4v) is 2.30. The number of halogens is 6. The third-order valence-corrected chi connectivity index (χ3v) is 3.80. The average Bonchev–Trinajstić information content (AvgIpc) is 2.72. The Hall–Kier alpha value is -4.42. The number of nitrogen functional groups attached to an aromatic ring is 2. The normalized spacial score (nSPS) is 11.6. The van der Waals surface area contributed by atoms with Gasteiger partial charge in [0.25, 0.3) is 0 Å². The molecule has 0 aliphatic carbocycles. The maximum absolute atomic E-state index is 10.6. The first-order valence-corrected chi connectivity index (χ1v) is 8.46. The van der Waals surface area contributed by atoms with Gasteiger partial charge in [-0.2, -0.15) is 36.6 Å². The summed E-state index contributed by atoms with van der Waals surface area (Å²) in [4.78, 5) is 21.9. The van der Waals surface area contributed by atoms with Crippen molar-refractivity contribution in [3.05, 3.63) is 34.9 Å². The van der Waals surface area contributed by atoms with Crippen LogP contribution in [0.3, 0.4) is 0 Å². The minimum absolute atomic E-state index is 0.0788. The van der Waals surface area contributed by atoms with E-state index in [1.54, 1.807) is 7.11 Å². The highest BCUT2D eigenvalue weighted by Crippen LogP contribution is 2.43. The molecule has 10 nitrogen and oxygen atoms in total. The lowest BCUT2D eigenvalue weighted by molar-refractivity contribution is -0.193. The molecular formula is C18H14F6N4O6. The number of nitriles is 1. The van der Waals surface area contributed by atoms with Crippen molar-refractivity contribution in [3.63, 3.8) is 0 Å². The number of ether oxygens (including phenoxy) is 2. The van der Waals surface area contributed by atoms with Crippen molar-refractivity contribution in [2.75, 3.05) is 18.6 Å². The summed E-state index contributed by atoms with van der Waals surface area (Å²) in [5, 5.41) is 23.3. The molecule has 34 heavy (non-hydrogen) atoms. The SMILES string of the molecule is COc1cccc2c1Cc1c(nc(N)c(C#N)c1N)O2.O=C(O)C(F)(F)F.O=C(O)C(F)(F)F. The van der Waals surface area contributed by atoms with Crippen molar-refractivity contribution < 1.29 is 55.6 Å². The summed E-state index contributed by atoms with van der Waals surface area (Å²) in [6, 6.07) is 7.47. The molecule has 2 aromatic rings. The highest BCUT2D eigenvalue weighted by atomic mass is 19.4. The Balaban J connectivity index is 0.000000343. The number of alkyl halides is 6. The molecule has 1 aromatic heterocycles. The summed E-state index contributed by atoms with van der Waals surface area (Å²) < 4.78 is 74.5. The van der Waals surface area contributed by atoms with Crippen LogP contribution in [0.15, 0.2) is 18.2 Å². The van der Waals surface area contributed by atoms with E-state index in [2.05, 4.69) is 4.98 Å². The molecule has 0 amide bonds. The minimum atomic E-state index is -5.08. The molecule has 1 aliphatic rings. The van der Waals surface area contributed by atoms with Gasteiger partial charge in [-0.05, 0) is 12.1 Å². The Bertz CT molecular complexity index is 1100. The fourth-order valence-electron chi connectivity index (χ4n) is 2.30. The molecule has 0 saturated carbocycles. The Morgan fingerprint density at radius 3 is 2.00 bits per heavy atom. The molecule has 0 atom stereocenters. The van der Waals surface area contributed by atoms with Gasteiger partial charge in [0, 0.05) is 17.5 Å². The van der Waals surface area contributed by atoms with E-state index < -0.39 is 24.3 Å². The molecule has 0 radical (unpaired) electrons. The number of carbonyl (C=O) groups is 2. The second-order valence-electron chi connectivity index (χ2n) is 6.00. The number of hydrogen-bond acceptors (Lipinski definition) is 8. The first-order valence-electron chi connectivity index (χ1n) is 8.46. The molecule has 0 unspecified atom stereocenters. The lowest BCUT2D eigenvalue weighted by Crippen LogP contribution is -2.21. The zero-order valence-electron chi connectivity index (χ0n) is 16.8. The topological polar surface area (TPSA) is 182 Å². The number of nitrogens with zero attached hydrogens (tertiary/aromatic N) is 2. The van der Waals surface area contributed by atoms with E-state index in [9.17, 15) is 26.3 Å². The summed E-state index contributed by atoms with van der Waals surface area (Å²) in [5.41, 5.74) is 13.8. The van der Waals surface area contributed by atoms with Crippen LogP contribution >= 0.6 is 0 Å². The second kappa shape index (κ2) is 10.5. The number of carboxylic acids is 2. The van der Waals surface area contributed by atoms with Gasteiger partial charge in [-0.15, -0.1) is 0 Å². The fraction of sp³-hybridized carbons (Fsp3) is 0.222. The number of hydrogen-bond donors (Lipinski definition) is 4. The zero-order chi connectivity index (χ0) is 26.4. The van der Waals surface area contributed by atoms with Gasteiger partial charge < -0.3 is 31.2 Å². The Kier molecular flexibility index (Phi) is 8.50. The van der Waals surface area contributed by atoms with Crippen LogP contribution in [0.2, 0.25) is 0 Å². The van der Waals surface area contributed by atoms with Gasteiger partial charge in [0.15, 0.2) is 0 Å². The van der Waals surface area contributed by atoms with Crippen LogP contribution in [0.1, 0.15) is 16.7 Å². The van der Waals surface area contributed by atoms with Crippen molar-refractivity contribution >= 4 is 23.4 Å². The first kappa shape index (κ1) is 27.6. The van der Waals surface area contributed by atoms with E-state index in [1.807, 2.05) is 24.3 Å². The van der Waals surface area contributed by atoms with E-state index in [0.29, 0.717) is 35.1 Å². The highest BCUT2D eigenvalue weighted by Gasteiger charge is 2.38. The monoisotopic (exact) mass is 496 g/mol. The van der Waals surface area contributed by atoms with Crippen LogP contribution in [0.5, 0.6) is 17.4 Å². The maximum atomic E-state index is 10.6. The number of anilines is 2. The third-order valence-electron chi connectivity index (χ3n) is 3.80. The summed E-state index contributed by atoms with van der Waals surface area (Å²) in [6.45, 7) is 0. The van der Waals surface area contributed by atoms with Gasteiger partial charge in [-0.3, -0.25) is 0 Å². The van der Waals surface area contributed by atoms with E-state index in [-0.39, 0.29) is 11.4 Å². The van der Waals surface area contributed by atoms with Gasteiger partial charge in [-0.1, -0.05) is 6.07 Å². The number of rotatable bonds is 1. The van der Waals surface area contributed by atoms with E-state index >= 15 is 0 Å². The van der Waals surface area contributed by atoms with Crippen LogP contribution in [0.25, 0.3) is 0 Å². The van der Waals surface area contributed by atoms with Crippen molar-refractivity contribution in [2.45, 2.75) is 18.8 Å². The Morgan fingerprint density at radius 1 is 1.09 bits per heavy atom. The average molecular weight is 496 g/mol. The predicted molar refractivity (Wildman–Crippen MR) is 101 cm³/mol. The smallest absolute Gasteiger partial charge is 0.490 e. The van der Waals surface area contributed by atoms with Crippen LogP contribution in [-0.2, 0) is 16.0 Å². The molecule has 16 heteroatoms. The standard InChI is InChI=1S/C14H12N4O2.2C2HF3O2/c1-19-10-3-2-4-11-7(10)5-8-12(16)9(6-15)13(17)18-14(8)20-11;2*3-2(4,5)1(6)7/h2-4H,5H2,1H3,(H4,16,17,18);2*(H,6,7). The summed E-state index contributed by atoms with van der Waals surface area (Å²) in [6.07, 6.45) is -9.68. The van der Waals surface area contributed by atoms with Gasteiger partial charge in [0.2, 0.25) is 5.88 Å². The van der Waals surface area contributed by atoms with Gasteiger partial charge >= 0.3 is 24.3 Å². The van der Waals surface area contributed by atoms with Gasteiger partial charge in [-0.25, -0.2) is 9.59 Å². The van der Waals surface area contributed by atoms with Crippen molar-refractivity contribution in [2.24, 2.45) is 0 Å². The van der Waals surface area contributed by atoms with E-state index in [0.717, 1.165) is 5.56 Å². The predicted octanol–water partition coefficient (Wildman–Crippen LogP) is 3.09. The number of carboxylic acid groups (broad SMARTS) is 2. The van der Waals surface area contributed by atoms with Crippen molar-refractivity contribution in [3.8, 4) is 23.4 Å². The molecular weight excluding hydrogens is 482 g/mol. The second-order valence-corrected chi connectivity index (χ2v) is 6.00. The van der Waals surface area contributed by atoms with Gasteiger partial charge in [0.05, 0.1) is 12.8 Å². The summed E-state index contributed by atoms with van der Waals surface area (Å²) in [5.74, 6) is -3.72. The van der Waals surface area contributed by atoms with E-state index in [1.165, 1.54) is 0 Å². The number of nitrogens with two attached hydrogens (primary N) is 2. The lowest BCUT2D eigenvalue weighted by atomic mass is 9.98. The number of pyridine rings is 1. The molecule has 0 fully saturated rings. The van der Waals surface area contributed by atoms with Gasteiger partial charge in [0.1, 0.15) is 28.9 Å². The zero-order valence-corrected chi connectivity index (χ0v) is 16.8. The number of benzene rings is 1. The molecule has 1 aliphatic heterocycles.